The molecule has 0 bridgehead atoms. The summed E-state index contributed by atoms with van der Waals surface area (Å²) in [5, 5.41) is 0. The van der Waals surface area contributed by atoms with Gasteiger partial charge in [-0.05, 0) is 25.1 Å². The Kier molecular flexibility index (Phi) is 4.09. The van der Waals surface area contributed by atoms with Crippen LogP contribution in [-0.2, 0) is 0 Å². The van der Waals surface area contributed by atoms with Crippen molar-refractivity contribution < 1.29 is 9.47 Å². The van der Waals surface area contributed by atoms with E-state index in [0.29, 0.717) is 0 Å². The summed E-state index contributed by atoms with van der Waals surface area (Å²) < 4.78 is 11.3. The Balaban J connectivity index is 2.11. The fraction of sp³-hybridized carbons (Fsp3) is 0.538. The first-order chi connectivity index (χ1) is 8.31. The van der Waals surface area contributed by atoms with Gasteiger partial charge in [0.15, 0.2) is 11.5 Å². The molecule has 0 unspecified atom stereocenters. The van der Waals surface area contributed by atoms with Crippen LogP contribution in [0.5, 0.6) is 11.5 Å². The lowest BCUT2D eigenvalue weighted by Gasteiger charge is -2.20. The Hall–Kier alpha value is -1.42. The fourth-order valence-electron chi connectivity index (χ4n) is 1.85. The van der Waals surface area contributed by atoms with Gasteiger partial charge in [-0.25, -0.2) is 0 Å². The maximum Gasteiger partial charge on any atom is 0.163 e. The summed E-state index contributed by atoms with van der Waals surface area (Å²) in [4.78, 5) is 2.18. The number of hydrogen-bond acceptors (Lipinski definition) is 4. The summed E-state index contributed by atoms with van der Waals surface area (Å²) in [6.45, 7) is 3.13. The zero-order chi connectivity index (χ0) is 12.1. The van der Waals surface area contributed by atoms with Gasteiger partial charge in [-0.15, -0.1) is 0 Å². The summed E-state index contributed by atoms with van der Waals surface area (Å²) in [6.07, 6.45) is 1.93. The molecule has 4 heteroatoms. The van der Waals surface area contributed by atoms with Crippen molar-refractivity contribution in [1.82, 2.24) is 0 Å². The lowest BCUT2D eigenvalue weighted by atomic mass is 10.2. The number of ether oxygens (including phenoxy) is 2. The normalized spacial score (nSPS) is 14.2. The van der Waals surface area contributed by atoms with E-state index in [1.807, 2.05) is 12.1 Å². The molecule has 0 amide bonds. The van der Waals surface area contributed by atoms with E-state index in [9.17, 15) is 0 Å². The second kappa shape index (κ2) is 5.77. The van der Waals surface area contributed by atoms with Crippen LogP contribution in [0, 0.1) is 0 Å². The molecule has 1 aliphatic heterocycles. The van der Waals surface area contributed by atoms with Crippen LogP contribution < -0.4 is 20.1 Å². The summed E-state index contributed by atoms with van der Waals surface area (Å²) in [5.41, 5.74) is 6.66. The first-order valence-corrected chi connectivity index (χ1v) is 6.12. The molecule has 0 radical (unpaired) electrons. The van der Waals surface area contributed by atoms with Crippen LogP contribution in [0.3, 0.4) is 0 Å². The van der Waals surface area contributed by atoms with Crippen molar-refractivity contribution >= 4 is 5.69 Å². The van der Waals surface area contributed by atoms with Gasteiger partial charge in [-0.1, -0.05) is 0 Å². The highest BCUT2D eigenvalue weighted by molar-refractivity contribution is 5.56. The third-order valence-electron chi connectivity index (χ3n) is 2.87. The van der Waals surface area contributed by atoms with Gasteiger partial charge in [0, 0.05) is 31.8 Å². The predicted octanol–water partition coefficient (Wildman–Crippen LogP) is 1.63. The molecule has 0 saturated carbocycles. The monoisotopic (exact) mass is 236 g/mol. The molecule has 17 heavy (non-hydrogen) atoms. The molecule has 0 aromatic heterocycles. The lowest BCUT2D eigenvalue weighted by Crippen LogP contribution is -2.20. The average molecular weight is 236 g/mol. The molecule has 2 rings (SSSR count). The standard InChI is InChI=1S/C13H20N2O2/c1-15(7-2-6-14)11-4-5-12-13(10-11)17-9-3-8-16-12/h4-5,10H,2-3,6-9,14H2,1H3. The zero-order valence-corrected chi connectivity index (χ0v) is 10.3. The van der Waals surface area contributed by atoms with Crippen LogP contribution >= 0.6 is 0 Å². The van der Waals surface area contributed by atoms with Crippen LogP contribution in [0.15, 0.2) is 18.2 Å². The van der Waals surface area contributed by atoms with Crippen molar-refractivity contribution in [1.29, 1.82) is 0 Å². The van der Waals surface area contributed by atoms with E-state index in [1.54, 1.807) is 0 Å². The van der Waals surface area contributed by atoms with Gasteiger partial charge in [-0.3, -0.25) is 0 Å². The second-order valence-corrected chi connectivity index (χ2v) is 4.25. The molecule has 1 heterocycles. The van der Waals surface area contributed by atoms with E-state index in [1.165, 1.54) is 0 Å². The maximum atomic E-state index is 5.67. The maximum absolute atomic E-state index is 5.67. The molecule has 2 N–H and O–H groups in total. The van der Waals surface area contributed by atoms with E-state index in [4.69, 9.17) is 15.2 Å². The highest BCUT2D eigenvalue weighted by Crippen LogP contribution is 2.33. The van der Waals surface area contributed by atoms with Crippen molar-refractivity contribution in [3.8, 4) is 11.5 Å². The molecule has 94 valence electrons. The van der Waals surface area contributed by atoms with E-state index >= 15 is 0 Å². The summed E-state index contributed by atoms with van der Waals surface area (Å²) in [5.74, 6) is 1.69. The quantitative estimate of drug-likeness (QED) is 0.863. The number of nitrogens with zero attached hydrogens (tertiary/aromatic N) is 1. The zero-order valence-electron chi connectivity index (χ0n) is 10.3. The molecular formula is C13H20N2O2. The summed E-state index contributed by atoms with van der Waals surface area (Å²) in [7, 11) is 2.06. The van der Waals surface area contributed by atoms with E-state index in [2.05, 4.69) is 18.0 Å². The van der Waals surface area contributed by atoms with Crippen molar-refractivity contribution in [2.75, 3.05) is 38.3 Å². The summed E-state index contributed by atoms with van der Waals surface area (Å²) >= 11 is 0. The molecule has 0 atom stereocenters. The van der Waals surface area contributed by atoms with Crippen molar-refractivity contribution in [3.05, 3.63) is 18.2 Å². The average Bonchev–Trinajstić information content (AvgIpc) is 2.60. The van der Waals surface area contributed by atoms with Crippen LogP contribution in [0.1, 0.15) is 12.8 Å². The smallest absolute Gasteiger partial charge is 0.163 e. The van der Waals surface area contributed by atoms with E-state index in [0.717, 1.165) is 56.3 Å². The lowest BCUT2D eigenvalue weighted by molar-refractivity contribution is 0.297. The molecule has 0 spiro atoms. The third-order valence-corrected chi connectivity index (χ3v) is 2.87. The number of benzene rings is 1. The molecule has 1 aliphatic rings. The SMILES string of the molecule is CN(CCCN)c1ccc2c(c1)OCCCO2. The number of rotatable bonds is 4. The minimum absolute atomic E-state index is 0.717. The van der Waals surface area contributed by atoms with Gasteiger partial charge in [0.05, 0.1) is 13.2 Å². The van der Waals surface area contributed by atoms with Crippen LogP contribution in [-0.4, -0.2) is 33.4 Å². The van der Waals surface area contributed by atoms with Gasteiger partial charge < -0.3 is 20.1 Å². The number of nitrogens with two attached hydrogens (primary N) is 1. The highest BCUT2D eigenvalue weighted by atomic mass is 16.5. The van der Waals surface area contributed by atoms with Crippen LogP contribution in [0.2, 0.25) is 0 Å². The predicted molar refractivity (Wildman–Crippen MR) is 69.0 cm³/mol. The second-order valence-electron chi connectivity index (χ2n) is 4.25. The van der Waals surface area contributed by atoms with Crippen LogP contribution in [0.4, 0.5) is 5.69 Å². The summed E-state index contributed by atoms with van der Waals surface area (Å²) in [6, 6.07) is 6.08. The fourth-order valence-corrected chi connectivity index (χ4v) is 1.85. The van der Waals surface area contributed by atoms with Gasteiger partial charge >= 0.3 is 0 Å². The number of anilines is 1. The molecule has 0 fully saturated rings. The molecule has 1 aromatic carbocycles. The molecule has 0 saturated heterocycles. The minimum atomic E-state index is 0.717. The Morgan fingerprint density at radius 2 is 2.00 bits per heavy atom. The number of fused-ring (bicyclic) bond motifs is 1. The molecule has 0 aliphatic carbocycles. The van der Waals surface area contributed by atoms with Crippen molar-refractivity contribution in [3.63, 3.8) is 0 Å². The first kappa shape index (κ1) is 12.0. The van der Waals surface area contributed by atoms with Gasteiger partial charge in [-0.2, -0.15) is 0 Å². The largest absolute Gasteiger partial charge is 0.490 e. The topological polar surface area (TPSA) is 47.7 Å². The Morgan fingerprint density at radius 3 is 2.76 bits per heavy atom. The molecule has 4 nitrogen and oxygen atoms in total. The Morgan fingerprint density at radius 1 is 1.24 bits per heavy atom. The van der Waals surface area contributed by atoms with Gasteiger partial charge in [0.25, 0.3) is 0 Å². The number of hydrogen-bond donors (Lipinski definition) is 1. The van der Waals surface area contributed by atoms with Crippen LogP contribution in [0.25, 0.3) is 0 Å². The third kappa shape index (κ3) is 3.03. The van der Waals surface area contributed by atoms with Crippen molar-refractivity contribution in [2.24, 2.45) is 5.73 Å². The first-order valence-electron chi connectivity index (χ1n) is 6.12. The highest BCUT2D eigenvalue weighted by Gasteiger charge is 2.11. The Bertz CT molecular complexity index is 368. The van der Waals surface area contributed by atoms with Gasteiger partial charge in [0.1, 0.15) is 0 Å². The van der Waals surface area contributed by atoms with E-state index < -0.39 is 0 Å². The minimum Gasteiger partial charge on any atom is -0.490 e. The van der Waals surface area contributed by atoms with Gasteiger partial charge in [0.2, 0.25) is 0 Å². The van der Waals surface area contributed by atoms with Crippen molar-refractivity contribution in [2.45, 2.75) is 12.8 Å². The molecular weight excluding hydrogens is 216 g/mol. The molecule has 1 aromatic rings. The Labute approximate surface area is 102 Å². The van der Waals surface area contributed by atoms with E-state index in [-0.39, 0.29) is 0 Å².